The summed E-state index contributed by atoms with van der Waals surface area (Å²) < 4.78 is 13.7. The maximum atomic E-state index is 13.7. The Hall–Kier alpha value is -1.95. The summed E-state index contributed by atoms with van der Waals surface area (Å²) in [7, 11) is 0. The van der Waals surface area contributed by atoms with Crippen LogP contribution in [0.5, 0.6) is 0 Å². The van der Waals surface area contributed by atoms with E-state index in [1.54, 1.807) is 24.0 Å². The Labute approximate surface area is 154 Å². The number of hydrogen-bond donors (Lipinski definition) is 0. The van der Waals surface area contributed by atoms with E-state index in [-0.39, 0.29) is 23.7 Å². The number of aryl methyl sites for hydroxylation is 1. The molecule has 2 saturated heterocycles. The Balaban J connectivity index is 1.55. The lowest BCUT2D eigenvalue weighted by Gasteiger charge is -2.39. The number of halogens is 1. The fraction of sp³-hybridized carbons (Fsp3) is 0.600. The minimum Gasteiger partial charge on any atom is -0.341 e. The van der Waals surface area contributed by atoms with Gasteiger partial charge in [0.05, 0.1) is 6.04 Å². The van der Waals surface area contributed by atoms with Crippen molar-refractivity contribution in [1.29, 1.82) is 0 Å². The molecular formula is C20H28FN3O2. The molecule has 1 atom stereocenters. The van der Waals surface area contributed by atoms with Crippen molar-refractivity contribution in [2.45, 2.75) is 39.2 Å². The number of carbonyl (C=O) groups is 2. The van der Waals surface area contributed by atoms with Crippen LogP contribution in [-0.2, 0) is 4.79 Å². The van der Waals surface area contributed by atoms with E-state index >= 15 is 0 Å². The van der Waals surface area contributed by atoms with Gasteiger partial charge in [0.1, 0.15) is 5.82 Å². The van der Waals surface area contributed by atoms with Crippen molar-refractivity contribution >= 4 is 11.8 Å². The molecule has 1 aromatic rings. The van der Waals surface area contributed by atoms with Gasteiger partial charge in [-0.3, -0.25) is 14.5 Å². The van der Waals surface area contributed by atoms with Gasteiger partial charge in [0.25, 0.3) is 5.91 Å². The molecule has 2 fully saturated rings. The molecule has 1 unspecified atom stereocenters. The predicted molar refractivity (Wildman–Crippen MR) is 98.5 cm³/mol. The molecule has 0 bridgehead atoms. The van der Waals surface area contributed by atoms with E-state index in [2.05, 4.69) is 4.90 Å². The van der Waals surface area contributed by atoms with Crippen LogP contribution < -0.4 is 0 Å². The molecule has 0 saturated carbocycles. The zero-order valence-corrected chi connectivity index (χ0v) is 15.7. The van der Waals surface area contributed by atoms with Crippen molar-refractivity contribution in [2.75, 3.05) is 39.3 Å². The summed E-state index contributed by atoms with van der Waals surface area (Å²) in [6.45, 7) is 7.83. The highest BCUT2D eigenvalue weighted by molar-refractivity contribution is 5.94. The molecule has 2 amide bonds. The Morgan fingerprint density at radius 1 is 0.962 bits per heavy atom. The van der Waals surface area contributed by atoms with E-state index in [9.17, 15) is 14.0 Å². The summed E-state index contributed by atoms with van der Waals surface area (Å²) >= 11 is 0. The maximum Gasteiger partial charge on any atom is 0.254 e. The number of piperazine rings is 1. The van der Waals surface area contributed by atoms with Gasteiger partial charge in [-0.15, -0.1) is 0 Å². The van der Waals surface area contributed by atoms with Crippen molar-refractivity contribution in [1.82, 2.24) is 14.7 Å². The maximum absolute atomic E-state index is 13.7. The highest BCUT2D eigenvalue weighted by Gasteiger charge is 2.30. The molecule has 0 spiro atoms. The number of amides is 2. The van der Waals surface area contributed by atoms with E-state index in [4.69, 9.17) is 0 Å². The van der Waals surface area contributed by atoms with E-state index in [1.807, 2.05) is 11.8 Å². The average molecular weight is 361 g/mol. The molecule has 5 nitrogen and oxygen atoms in total. The molecule has 26 heavy (non-hydrogen) atoms. The molecule has 1 aromatic carbocycles. The standard InChI is InChI=1S/C20H28FN3O2/c1-15-6-7-17(14-18(15)21)20(26)24-12-10-22(11-13-24)16(2)19(25)23-8-4-3-5-9-23/h6-7,14,16H,3-5,8-13H2,1-2H3. The smallest absolute Gasteiger partial charge is 0.254 e. The monoisotopic (exact) mass is 361 g/mol. The zero-order chi connectivity index (χ0) is 18.7. The molecule has 6 heteroatoms. The van der Waals surface area contributed by atoms with Crippen LogP contribution >= 0.6 is 0 Å². The number of hydrogen-bond acceptors (Lipinski definition) is 3. The van der Waals surface area contributed by atoms with Crippen LogP contribution in [0.15, 0.2) is 18.2 Å². The number of rotatable bonds is 3. The first-order valence-corrected chi connectivity index (χ1v) is 9.55. The summed E-state index contributed by atoms with van der Waals surface area (Å²) in [5.41, 5.74) is 0.926. The highest BCUT2D eigenvalue weighted by Crippen LogP contribution is 2.16. The van der Waals surface area contributed by atoms with E-state index in [1.165, 1.54) is 12.5 Å². The quantitative estimate of drug-likeness (QED) is 0.830. The Bertz CT molecular complexity index is 665. The highest BCUT2D eigenvalue weighted by atomic mass is 19.1. The molecule has 3 rings (SSSR count). The number of benzene rings is 1. The van der Waals surface area contributed by atoms with Crippen molar-refractivity contribution in [3.8, 4) is 0 Å². The van der Waals surface area contributed by atoms with Gasteiger partial charge in [0, 0.05) is 44.8 Å². The minimum atomic E-state index is -0.352. The van der Waals surface area contributed by atoms with E-state index < -0.39 is 0 Å². The first-order chi connectivity index (χ1) is 12.5. The molecule has 0 N–H and O–H groups in total. The predicted octanol–water partition coefficient (Wildman–Crippen LogP) is 2.29. The minimum absolute atomic E-state index is 0.140. The van der Waals surface area contributed by atoms with E-state index in [0.717, 1.165) is 25.9 Å². The van der Waals surface area contributed by atoms with Crippen molar-refractivity contribution in [2.24, 2.45) is 0 Å². The summed E-state index contributed by atoms with van der Waals surface area (Å²) in [6.07, 6.45) is 3.39. The molecule has 0 aliphatic carbocycles. The average Bonchev–Trinajstić information content (AvgIpc) is 2.69. The topological polar surface area (TPSA) is 43.9 Å². The summed E-state index contributed by atoms with van der Waals surface area (Å²) in [5, 5.41) is 0. The Morgan fingerprint density at radius 2 is 1.62 bits per heavy atom. The lowest BCUT2D eigenvalue weighted by Crippen LogP contribution is -2.56. The normalized spacial score (nSPS) is 20.1. The van der Waals surface area contributed by atoms with Crippen LogP contribution in [0.3, 0.4) is 0 Å². The van der Waals surface area contributed by atoms with Gasteiger partial charge < -0.3 is 9.80 Å². The number of nitrogens with zero attached hydrogens (tertiary/aromatic N) is 3. The van der Waals surface area contributed by atoms with Gasteiger partial charge in [0.2, 0.25) is 5.91 Å². The molecule has 2 aliphatic heterocycles. The van der Waals surface area contributed by atoms with Crippen LogP contribution in [0.1, 0.15) is 42.1 Å². The molecular weight excluding hydrogens is 333 g/mol. The molecule has 0 aromatic heterocycles. The van der Waals surface area contributed by atoms with Crippen molar-refractivity contribution in [3.63, 3.8) is 0 Å². The second-order valence-corrected chi connectivity index (χ2v) is 7.35. The van der Waals surface area contributed by atoms with Crippen LogP contribution in [0.4, 0.5) is 4.39 Å². The molecule has 2 heterocycles. The van der Waals surface area contributed by atoms with Gasteiger partial charge in [-0.1, -0.05) is 6.07 Å². The number of piperidine rings is 1. The van der Waals surface area contributed by atoms with Gasteiger partial charge in [-0.05, 0) is 50.8 Å². The number of carbonyl (C=O) groups excluding carboxylic acids is 2. The van der Waals surface area contributed by atoms with Crippen molar-refractivity contribution in [3.05, 3.63) is 35.1 Å². The fourth-order valence-corrected chi connectivity index (χ4v) is 3.76. The largest absolute Gasteiger partial charge is 0.341 e. The molecule has 2 aliphatic rings. The summed E-state index contributed by atoms with van der Waals surface area (Å²) in [4.78, 5) is 31.1. The second-order valence-electron chi connectivity index (χ2n) is 7.35. The van der Waals surface area contributed by atoms with Crippen LogP contribution in [0.25, 0.3) is 0 Å². The second kappa shape index (κ2) is 8.16. The van der Waals surface area contributed by atoms with Crippen LogP contribution in [-0.4, -0.2) is 71.8 Å². The SMILES string of the molecule is Cc1ccc(C(=O)N2CCN(C(C)C(=O)N3CCCCC3)CC2)cc1F. The fourth-order valence-electron chi connectivity index (χ4n) is 3.76. The lowest BCUT2D eigenvalue weighted by molar-refractivity contribution is -0.137. The third-order valence-corrected chi connectivity index (χ3v) is 5.59. The van der Waals surface area contributed by atoms with Crippen molar-refractivity contribution < 1.29 is 14.0 Å². The van der Waals surface area contributed by atoms with Gasteiger partial charge in [0.15, 0.2) is 0 Å². The van der Waals surface area contributed by atoms with Gasteiger partial charge >= 0.3 is 0 Å². The number of likely N-dealkylation sites (tertiary alicyclic amines) is 1. The first-order valence-electron chi connectivity index (χ1n) is 9.55. The Kier molecular flexibility index (Phi) is 5.91. The van der Waals surface area contributed by atoms with Gasteiger partial charge in [-0.2, -0.15) is 0 Å². The zero-order valence-electron chi connectivity index (χ0n) is 15.7. The van der Waals surface area contributed by atoms with Crippen LogP contribution in [0.2, 0.25) is 0 Å². The lowest BCUT2D eigenvalue weighted by atomic mass is 10.1. The van der Waals surface area contributed by atoms with Gasteiger partial charge in [-0.25, -0.2) is 4.39 Å². The van der Waals surface area contributed by atoms with Crippen LogP contribution in [0, 0.1) is 12.7 Å². The molecule has 0 radical (unpaired) electrons. The molecule has 142 valence electrons. The summed E-state index contributed by atoms with van der Waals surface area (Å²) in [6, 6.07) is 4.47. The van der Waals surface area contributed by atoms with E-state index in [0.29, 0.717) is 37.3 Å². The summed E-state index contributed by atoms with van der Waals surface area (Å²) in [5.74, 6) is -0.293. The third kappa shape index (κ3) is 4.06. The Morgan fingerprint density at radius 3 is 2.23 bits per heavy atom. The first kappa shape index (κ1) is 18.8. The third-order valence-electron chi connectivity index (χ3n) is 5.59.